The van der Waals surface area contributed by atoms with Gasteiger partial charge in [0.1, 0.15) is 23.1 Å². The first-order valence-corrected chi connectivity index (χ1v) is 7.65. The minimum absolute atomic E-state index is 0.298. The minimum Gasteiger partial charge on any atom is -0.383 e. The molecule has 0 saturated heterocycles. The summed E-state index contributed by atoms with van der Waals surface area (Å²) in [5, 5.41) is 9.23. The Morgan fingerprint density at radius 1 is 1.00 bits per heavy atom. The topological polar surface area (TPSA) is 106 Å². The van der Waals surface area contributed by atoms with Gasteiger partial charge in [0.25, 0.3) is 0 Å². The average molecular weight is 348 g/mol. The van der Waals surface area contributed by atoms with Gasteiger partial charge in [-0.3, -0.25) is 0 Å². The van der Waals surface area contributed by atoms with E-state index >= 15 is 0 Å². The van der Waals surface area contributed by atoms with Crippen molar-refractivity contribution in [1.82, 2.24) is 24.0 Å². The van der Waals surface area contributed by atoms with E-state index in [9.17, 15) is 5.26 Å². The molecule has 0 fully saturated rings. The molecule has 0 atom stereocenters. The summed E-state index contributed by atoms with van der Waals surface area (Å²) in [6.45, 7) is 0. The molecule has 25 heavy (non-hydrogen) atoms. The molecule has 0 aliphatic rings. The lowest BCUT2D eigenvalue weighted by Crippen LogP contribution is -1.96. The molecular formula is C17H10ClN7. The minimum atomic E-state index is 0.298. The second-order valence-electron chi connectivity index (χ2n) is 5.20. The van der Waals surface area contributed by atoms with Gasteiger partial charge in [-0.25, -0.2) is 24.0 Å². The van der Waals surface area contributed by atoms with Gasteiger partial charge >= 0.3 is 0 Å². The maximum absolute atomic E-state index is 9.23. The van der Waals surface area contributed by atoms with Crippen LogP contribution in [0.1, 0.15) is 5.69 Å². The van der Waals surface area contributed by atoms with Crippen molar-refractivity contribution < 1.29 is 0 Å². The Labute approximate surface area is 147 Å². The van der Waals surface area contributed by atoms with E-state index in [-0.39, 0.29) is 0 Å². The Morgan fingerprint density at radius 3 is 2.52 bits per heavy atom. The summed E-state index contributed by atoms with van der Waals surface area (Å²) < 4.78 is 1.34. The van der Waals surface area contributed by atoms with Gasteiger partial charge < -0.3 is 5.73 Å². The highest BCUT2D eigenvalue weighted by Crippen LogP contribution is 2.29. The van der Waals surface area contributed by atoms with Gasteiger partial charge in [-0.2, -0.15) is 5.26 Å². The fourth-order valence-electron chi connectivity index (χ4n) is 2.55. The monoisotopic (exact) mass is 347 g/mol. The summed E-state index contributed by atoms with van der Waals surface area (Å²) >= 11 is 6.42. The van der Waals surface area contributed by atoms with E-state index in [0.717, 1.165) is 0 Å². The van der Waals surface area contributed by atoms with Crippen molar-refractivity contribution in [3.8, 4) is 28.7 Å². The Bertz CT molecular complexity index is 1140. The van der Waals surface area contributed by atoms with E-state index in [1.54, 1.807) is 48.8 Å². The van der Waals surface area contributed by atoms with Crippen molar-refractivity contribution in [2.45, 2.75) is 0 Å². The highest BCUT2D eigenvalue weighted by molar-refractivity contribution is 6.20. The number of aromatic nitrogens is 5. The second kappa shape index (κ2) is 5.85. The summed E-state index contributed by atoms with van der Waals surface area (Å²) in [4.78, 5) is 17.1. The van der Waals surface area contributed by atoms with Gasteiger partial charge in [-0.05, 0) is 36.4 Å². The maximum Gasteiger partial charge on any atom is 0.176 e. The summed E-state index contributed by atoms with van der Waals surface area (Å²) in [7, 11) is 0. The molecule has 0 spiro atoms. The molecule has 4 heterocycles. The normalized spacial score (nSPS) is 10.7. The van der Waals surface area contributed by atoms with Crippen LogP contribution in [0.4, 0.5) is 5.82 Å². The number of fused-ring (bicyclic) bond motifs is 1. The van der Waals surface area contributed by atoms with E-state index in [0.29, 0.717) is 45.3 Å². The molecule has 4 rings (SSSR count). The number of nitrogens with zero attached hydrogens (tertiary/aromatic N) is 6. The van der Waals surface area contributed by atoms with Gasteiger partial charge in [-0.1, -0.05) is 0 Å². The van der Waals surface area contributed by atoms with E-state index in [1.165, 1.54) is 4.09 Å². The molecule has 0 amide bonds. The lowest BCUT2D eigenvalue weighted by Gasteiger charge is -2.03. The van der Waals surface area contributed by atoms with Crippen LogP contribution in [0.15, 0.2) is 48.8 Å². The first-order valence-electron chi connectivity index (χ1n) is 7.31. The molecule has 4 aromatic heterocycles. The lowest BCUT2D eigenvalue weighted by atomic mass is 10.1. The number of nitrogen functional groups attached to an aromatic ring is 1. The smallest absolute Gasteiger partial charge is 0.176 e. The highest BCUT2D eigenvalue weighted by Gasteiger charge is 2.17. The Balaban J connectivity index is 1.92. The van der Waals surface area contributed by atoms with E-state index < -0.39 is 0 Å². The molecule has 0 aliphatic carbocycles. The average Bonchev–Trinajstić information content (AvgIpc) is 2.98. The molecule has 0 saturated carbocycles. The van der Waals surface area contributed by atoms with Crippen LogP contribution in [0.3, 0.4) is 0 Å². The molecular weight excluding hydrogens is 338 g/mol. The molecule has 4 aromatic rings. The van der Waals surface area contributed by atoms with Crippen LogP contribution < -0.4 is 5.73 Å². The van der Waals surface area contributed by atoms with Crippen LogP contribution in [0.2, 0.25) is 0 Å². The molecule has 120 valence electrons. The third kappa shape index (κ3) is 2.45. The molecule has 2 N–H and O–H groups in total. The fraction of sp³-hybridized carbons (Fsp3) is 0. The lowest BCUT2D eigenvalue weighted by molar-refractivity contribution is 1.20. The van der Waals surface area contributed by atoms with Crippen molar-refractivity contribution in [3.63, 3.8) is 0 Å². The summed E-state index contributed by atoms with van der Waals surface area (Å²) in [6, 6.07) is 12.7. The van der Waals surface area contributed by atoms with Crippen LogP contribution >= 0.6 is 11.8 Å². The Morgan fingerprint density at radius 2 is 1.76 bits per heavy atom. The van der Waals surface area contributed by atoms with Crippen molar-refractivity contribution in [1.29, 1.82) is 5.26 Å². The van der Waals surface area contributed by atoms with E-state index in [2.05, 4.69) is 26.0 Å². The standard InChI is InChI=1S/C17H10ClN7/c18-25-16(11-4-2-8-22-15(11)20)24-13-6-5-12(23-17(13)25)10-3-1-7-21-14(10)9-19/h1-8H,(H2,20,22). The van der Waals surface area contributed by atoms with Crippen LogP contribution in [-0.2, 0) is 0 Å². The Hall–Kier alpha value is -3.50. The van der Waals surface area contributed by atoms with Gasteiger partial charge in [-0.15, -0.1) is 0 Å². The van der Waals surface area contributed by atoms with E-state index in [1.807, 2.05) is 0 Å². The zero-order chi connectivity index (χ0) is 17.4. The number of halogens is 1. The van der Waals surface area contributed by atoms with Crippen LogP contribution in [-0.4, -0.2) is 24.0 Å². The molecule has 8 heteroatoms. The zero-order valence-electron chi connectivity index (χ0n) is 12.8. The third-order valence-electron chi connectivity index (χ3n) is 3.72. The predicted molar refractivity (Wildman–Crippen MR) is 94.4 cm³/mol. The van der Waals surface area contributed by atoms with Crippen LogP contribution in [0.25, 0.3) is 33.8 Å². The molecule has 0 radical (unpaired) electrons. The first kappa shape index (κ1) is 15.1. The number of anilines is 1. The number of hydrogen-bond donors (Lipinski definition) is 1. The van der Waals surface area contributed by atoms with Crippen molar-refractivity contribution in [2.75, 3.05) is 5.73 Å². The molecule has 7 nitrogen and oxygen atoms in total. The van der Waals surface area contributed by atoms with Crippen molar-refractivity contribution >= 4 is 28.8 Å². The number of nitriles is 1. The van der Waals surface area contributed by atoms with Gasteiger partial charge in [0.05, 0.1) is 11.3 Å². The maximum atomic E-state index is 9.23. The summed E-state index contributed by atoms with van der Waals surface area (Å²) in [5.74, 6) is 0.789. The highest BCUT2D eigenvalue weighted by atomic mass is 35.5. The number of rotatable bonds is 2. The quantitative estimate of drug-likeness (QED) is 0.597. The largest absolute Gasteiger partial charge is 0.383 e. The molecule has 0 aliphatic heterocycles. The molecule has 0 bridgehead atoms. The van der Waals surface area contributed by atoms with Crippen molar-refractivity contribution in [2.24, 2.45) is 0 Å². The van der Waals surface area contributed by atoms with Crippen LogP contribution in [0, 0.1) is 11.3 Å². The zero-order valence-corrected chi connectivity index (χ0v) is 13.5. The van der Waals surface area contributed by atoms with Gasteiger partial charge in [0.15, 0.2) is 11.5 Å². The van der Waals surface area contributed by atoms with Gasteiger partial charge in [0, 0.05) is 29.7 Å². The first-order chi connectivity index (χ1) is 12.2. The number of nitrogens with two attached hydrogens (primary N) is 1. The predicted octanol–water partition coefficient (Wildman–Crippen LogP) is 3.01. The number of hydrogen-bond acceptors (Lipinski definition) is 6. The SMILES string of the molecule is N#Cc1ncccc1-c1ccc2nc(-c3cccnc3N)n(Cl)c2n1. The molecule has 0 unspecified atom stereocenters. The summed E-state index contributed by atoms with van der Waals surface area (Å²) in [5.41, 5.74) is 9.13. The summed E-state index contributed by atoms with van der Waals surface area (Å²) in [6.07, 6.45) is 3.16. The number of imidazole rings is 1. The van der Waals surface area contributed by atoms with Gasteiger partial charge in [0.2, 0.25) is 0 Å². The fourth-order valence-corrected chi connectivity index (χ4v) is 2.81. The van der Waals surface area contributed by atoms with E-state index in [4.69, 9.17) is 17.5 Å². The molecule has 0 aromatic carbocycles. The second-order valence-corrected chi connectivity index (χ2v) is 5.54. The number of pyridine rings is 3. The van der Waals surface area contributed by atoms with Crippen LogP contribution in [0.5, 0.6) is 0 Å². The third-order valence-corrected chi connectivity index (χ3v) is 4.04. The van der Waals surface area contributed by atoms with Crippen molar-refractivity contribution in [3.05, 3.63) is 54.5 Å². The Kier molecular flexibility index (Phi) is 3.52.